The van der Waals surface area contributed by atoms with Gasteiger partial charge in [-0.25, -0.2) is 4.79 Å². The summed E-state index contributed by atoms with van der Waals surface area (Å²) in [5.74, 6) is -0.472. The molecular weight excluding hydrogens is 268 g/mol. The number of cyclic esters (lactones) is 1. The van der Waals surface area contributed by atoms with Crippen LogP contribution in [-0.2, 0) is 19.1 Å². The van der Waals surface area contributed by atoms with Gasteiger partial charge in [0.05, 0.1) is 0 Å². The van der Waals surface area contributed by atoms with E-state index in [0.717, 1.165) is 12.0 Å². The van der Waals surface area contributed by atoms with Crippen molar-refractivity contribution in [2.75, 3.05) is 6.61 Å². The van der Waals surface area contributed by atoms with E-state index in [4.69, 9.17) is 9.47 Å². The highest BCUT2D eigenvalue weighted by Crippen LogP contribution is 2.50. The Bertz CT molecular complexity index is 444. The molecule has 0 fully saturated rings. The minimum atomic E-state index is -0.280. The fourth-order valence-electron chi connectivity index (χ4n) is 3.86. The van der Waals surface area contributed by atoms with E-state index in [0.29, 0.717) is 6.61 Å². The third-order valence-corrected chi connectivity index (χ3v) is 4.57. The van der Waals surface area contributed by atoms with Gasteiger partial charge in [0.1, 0.15) is 12.7 Å². The highest BCUT2D eigenvalue weighted by molar-refractivity contribution is 5.85. The first-order valence-electron chi connectivity index (χ1n) is 7.57. The first-order chi connectivity index (χ1) is 9.52. The number of esters is 2. The third kappa shape index (κ3) is 3.86. The molecule has 0 aromatic rings. The molecule has 1 rings (SSSR count). The molecule has 3 atom stereocenters. The van der Waals surface area contributed by atoms with E-state index in [9.17, 15) is 9.59 Å². The van der Waals surface area contributed by atoms with Crippen LogP contribution in [0.1, 0.15) is 54.9 Å². The van der Waals surface area contributed by atoms with Gasteiger partial charge in [-0.2, -0.15) is 0 Å². The zero-order chi connectivity index (χ0) is 16.4. The highest BCUT2D eigenvalue weighted by Gasteiger charge is 2.47. The summed E-state index contributed by atoms with van der Waals surface area (Å²) >= 11 is 0. The van der Waals surface area contributed by atoms with E-state index in [2.05, 4.69) is 34.6 Å². The lowest BCUT2D eigenvalue weighted by atomic mass is 9.58. The molecular formula is C17H28O4. The van der Waals surface area contributed by atoms with Crippen molar-refractivity contribution in [3.63, 3.8) is 0 Å². The summed E-state index contributed by atoms with van der Waals surface area (Å²) in [4.78, 5) is 22.8. The topological polar surface area (TPSA) is 52.6 Å². The van der Waals surface area contributed by atoms with Crippen LogP contribution in [0.25, 0.3) is 0 Å². The van der Waals surface area contributed by atoms with Crippen LogP contribution in [0.15, 0.2) is 11.6 Å². The second-order valence-corrected chi connectivity index (χ2v) is 7.21. The average Bonchev–Trinajstić information content (AvgIpc) is 2.73. The van der Waals surface area contributed by atoms with Crippen molar-refractivity contribution in [2.24, 2.45) is 16.7 Å². The molecule has 0 N–H and O–H groups in total. The number of carbonyl (C=O) groups is 2. The molecule has 0 saturated heterocycles. The molecule has 1 heterocycles. The molecule has 1 unspecified atom stereocenters. The van der Waals surface area contributed by atoms with Crippen LogP contribution in [0.3, 0.4) is 0 Å². The standard InChI is InChI=1S/C17H28O4/c1-8-17(7,13-9-14(19)20-10-13)15(16(4,5)6)11(2)21-12(3)18/h9,11,15H,8,10H2,1-7H3/t11-,15?,17-/m1/s1. The van der Waals surface area contributed by atoms with Crippen LogP contribution in [0.2, 0.25) is 0 Å². The second kappa shape index (κ2) is 6.20. The zero-order valence-corrected chi connectivity index (χ0v) is 14.3. The van der Waals surface area contributed by atoms with Crippen LogP contribution in [0, 0.1) is 16.7 Å². The Labute approximate surface area is 127 Å². The monoisotopic (exact) mass is 296 g/mol. The fraction of sp³-hybridized carbons (Fsp3) is 0.765. The molecule has 1 aliphatic heterocycles. The Morgan fingerprint density at radius 2 is 1.95 bits per heavy atom. The summed E-state index contributed by atoms with van der Waals surface area (Å²) < 4.78 is 10.6. The maximum absolute atomic E-state index is 11.5. The molecule has 0 bridgehead atoms. The van der Waals surface area contributed by atoms with E-state index in [-0.39, 0.29) is 34.8 Å². The second-order valence-electron chi connectivity index (χ2n) is 7.21. The minimum Gasteiger partial charge on any atom is -0.463 e. The highest BCUT2D eigenvalue weighted by atomic mass is 16.5. The molecule has 0 amide bonds. The van der Waals surface area contributed by atoms with Gasteiger partial charge in [0.2, 0.25) is 0 Å². The first kappa shape index (κ1) is 17.7. The van der Waals surface area contributed by atoms with E-state index < -0.39 is 0 Å². The number of rotatable bonds is 5. The van der Waals surface area contributed by atoms with E-state index in [1.165, 1.54) is 6.92 Å². The normalized spacial score (nSPS) is 21.1. The molecule has 4 nitrogen and oxygen atoms in total. The average molecular weight is 296 g/mol. The van der Waals surface area contributed by atoms with Crippen molar-refractivity contribution in [2.45, 2.75) is 61.0 Å². The number of hydrogen-bond acceptors (Lipinski definition) is 4. The Balaban J connectivity index is 3.24. The quantitative estimate of drug-likeness (QED) is 0.729. The minimum absolute atomic E-state index is 0.0773. The van der Waals surface area contributed by atoms with Gasteiger partial charge < -0.3 is 9.47 Å². The lowest BCUT2D eigenvalue weighted by molar-refractivity contribution is -0.154. The molecule has 120 valence electrons. The summed E-state index contributed by atoms with van der Waals surface area (Å²) in [5, 5.41) is 0. The Morgan fingerprint density at radius 3 is 2.29 bits per heavy atom. The SMILES string of the molecule is CC[C@](C)(C1=CC(=O)OC1)C([C@@H](C)OC(C)=O)C(C)(C)C. The van der Waals surface area contributed by atoms with Gasteiger partial charge in [-0.3, -0.25) is 4.79 Å². The number of ether oxygens (including phenoxy) is 2. The fourth-order valence-corrected chi connectivity index (χ4v) is 3.86. The Morgan fingerprint density at radius 1 is 1.38 bits per heavy atom. The summed E-state index contributed by atoms with van der Waals surface area (Å²) in [7, 11) is 0. The van der Waals surface area contributed by atoms with Gasteiger partial charge in [0, 0.05) is 18.9 Å². The van der Waals surface area contributed by atoms with Crippen LogP contribution >= 0.6 is 0 Å². The Hall–Kier alpha value is -1.32. The van der Waals surface area contributed by atoms with Crippen molar-refractivity contribution in [1.29, 1.82) is 0 Å². The lowest BCUT2D eigenvalue weighted by Crippen LogP contribution is -2.46. The summed E-state index contributed by atoms with van der Waals surface area (Å²) in [5.41, 5.74) is 0.666. The molecule has 0 saturated carbocycles. The van der Waals surface area contributed by atoms with Crippen LogP contribution in [0.4, 0.5) is 0 Å². The molecule has 0 spiro atoms. The van der Waals surface area contributed by atoms with Gasteiger partial charge >= 0.3 is 11.9 Å². The predicted octanol–water partition coefficient (Wildman–Crippen LogP) is 3.50. The zero-order valence-electron chi connectivity index (χ0n) is 14.3. The predicted molar refractivity (Wildman–Crippen MR) is 81.6 cm³/mol. The Kier molecular flexibility index (Phi) is 5.24. The number of carbonyl (C=O) groups excluding carboxylic acids is 2. The van der Waals surface area contributed by atoms with Gasteiger partial charge in [-0.15, -0.1) is 0 Å². The molecule has 4 heteroatoms. The van der Waals surface area contributed by atoms with Gasteiger partial charge in [-0.1, -0.05) is 34.6 Å². The van der Waals surface area contributed by atoms with E-state index in [1.807, 2.05) is 6.92 Å². The molecule has 1 aliphatic rings. The van der Waals surface area contributed by atoms with Crippen molar-refractivity contribution >= 4 is 11.9 Å². The maximum Gasteiger partial charge on any atom is 0.331 e. The summed E-state index contributed by atoms with van der Waals surface area (Å²) in [6, 6.07) is 0. The molecule has 0 aromatic heterocycles. The molecule has 0 radical (unpaired) electrons. The third-order valence-electron chi connectivity index (χ3n) is 4.57. The van der Waals surface area contributed by atoms with Crippen molar-refractivity contribution in [1.82, 2.24) is 0 Å². The van der Waals surface area contributed by atoms with Gasteiger partial charge in [0.15, 0.2) is 0 Å². The van der Waals surface area contributed by atoms with Gasteiger partial charge in [-0.05, 0) is 29.7 Å². The van der Waals surface area contributed by atoms with E-state index in [1.54, 1.807) is 6.08 Å². The largest absolute Gasteiger partial charge is 0.463 e. The summed E-state index contributed by atoms with van der Waals surface area (Å²) in [6.07, 6.45) is 2.22. The first-order valence-corrected chi connectivity index (χ1v) is 7.57. The van der Waals surface area contributed by atoms with Crippen molar-refractivity contribution in [3.05, 3.63) is 11.6 Å². The molecule has 0 aliphatic carbocycles. The van der Waals surface area contributed by atoms with Crippen molar-refractivity contribution < 1.29 is 19.1 Å². The van der Waals surface area contributed by atoms with Gasteiger partial charge in [0.25, 0.3) is 0 Å². The molecule has 0 aromatic carbocycles. The van der Waals surface area contributed by atoms with Crippen molar-refractivity contribution in [3.8, 4) is 0 Å². The van der Waals surface area contributed by atoms with Crippen LogP contribution in [-0.4, -0.2) is 24.6 Å². The molecule has 21 heavy (non-hydrogen) atoms. The smallest absolute Gasteiger partial charge is 0.331 e. The maximum atomic E-state index is 11.5. The lowest BCUT2D eigenvalue weighted by Gasteiger charge is -2.47. The summed E-state index contributed by atoms with van der Waals surface area (Å²) in [6.45, 7) is 14.4. The van der Waals surface area contributed by atoms with Crippen LogP contribution < -0.4 is 0 Å². The van der Waals surface area contributed by atoms with E-state index >= 15 is 0 Å². The number of hydrogen-bond donors (Lipinski definition) is 0. The van der Waals surface area contributed by atoms with Crippen LogP contribution in [0.5, 0.6) is 0 Å².